The molecule has 0 N–H and O–H groups in total. The molecule has 0 saturated heterocycles. The lowest BCUT2D eigenvalue weighted by atomic mass is 10.2. The number of nitrogens with zero attached hydrogens (tertiary/aromatic N) is 3. The first-order valence-corrected chi connectivity index (χ1v) is 5.93. The summed E-state index contributed by atoms with van der Waals surface area (Å²) in [6.07, 6.45) is 0. The summed E-state index contributed by atoms with van der Waals surface area (Å²) < 4.78 is 17.6. The molecule has 0 atom stereocenters. The number of hydrogen-bond donors (Lipinski definition) is 0. The van der Waals surface area contributed by atoms with Crippen molar-refractivity contribution in [3.8, 4) is 29.2 Å². The summed E-state index contributed by atoms with van der Waals surface area (Å²) in [5.74, 6) is 2.12. The van der Waals surface area contributed by atoms with E-state index in [0.29, 0.717) is 34.4 Å². The van der Waals surface area contributed by atoms with E-state index in [9.17, 15) is 0 Å². The van der Waals surface area contributed by atoms with Crippen molar-refractivity contribution in [2.24, 2.45) is 7.05 Å². The highest BCUT2D eigenvalue weighted by molar-refractivity contribution is 5.47. The monoisotopic (exact) mass is 273 g/mol. The molecule has 6 heteroatoms. The summed E-state index contributed by atoms with van der Waals surface area (Å²) in [6.45, 7) is 1.76. The zero-order valence-electron chi connectivity index (χ0n) is 11.8. The van der Waals surface area contributed by atoms with Gasteiger partial charge in [-0.1, -0.05) is 0 Å². The van der Waals surface area contributed by atoms with Crippen molar-refractivity contribution in [2.45, 2.75) is 6.92 Å². The Morgan fingerprint density at radius 1 is 1.10 bits per heavy atom. The topological polar surface area (TPSA) is 69.3 Å². The number of aromatic nitrogens is 2. The van der Waals surface area contributed by atoms with Crippen LogP contribution in [0, 0.1) is 18.3 Å². The molecule has 104 valence electrons. The predicted molar refractivity (Wildman–Crippen MR) is 72.3 cm³/mol. The normalized spacial score (nSPS) is 9.95. The van der Waals surface area contributed by atoms with Crippen LogP contribution in [0.5, 0.6) is 23.1 Å². The molecule has 0 saturated carbocycles. The average Bonchev–Trinajstić information content (AvgIpc) is 2.72. The van der Waals surface area contributed by atoms with E-state index in [1.807, 2.05) is 0 Å². The van der Waals surface area contributed by atoms with Crippen LogP contribution in [0.4, 0.5) is 0 Å². The lowest BCUT2D eigenvalue weighted by molar-refractivity contribution is 0.381. The molecule has 0 aliphatic rings. The van der Waals surface area contributed by atoms with E-state index in [0.717, 1.165) is 0 Å². The van der Waals surface area contributed by atoms with Crippen LogP contribution in [0.3, 0.4) is 0 Å². The van der Waals surface area contributed by atoms with Gasteiger partial charge in [-0.25, -0.2) is 4.68 Å². The van der Waals surface area contributed by atoms with E-state index in [4.69, 9.17) is 19.5 Å². The fraction of sp³-hybridized carbons (Fsp3) is 0.286. The molecular weight excluding hydrogens is 258 g/mol. The minimum absolute atomic E-state index is 0.389. The van der Waals surface area contributed by atoms with Gasteiger partial charge in [0.15, 0.2) is 0 Å². The molecule has 0 fully saturated rings. The maximum absolute atomic E-state index is 9.16. The van der Waals surface area contributed by atoms with E-state index in [1.54, 1.807) is 46.4 Å². The van der Waals surface area contributed by atoms with Gasteiger partial charge in [-0.3, -0.25) is 0 Å². The van der Waals surface area contributed by atoms with Gasteiger partial charge in [-0.05, 0) is 6.92 Å². The molecule has 0 aliphatic heterocycles. The van der Waals surface area contributed by atoms with Crippen molar-refractivity contribution in [3.05, 3.63) is 29.5 Å². The summed E-state index contributed by atoms with van der Waals surface area (Å²) >= 11 is 0. The average molecular weight is 273 g/mol. The quantitative estimate of drug-likeness (QED) is 0.855. The molecule has 2 rings (SSSR count). The van der Waals surface area contributed by atoms with Crippen LogP contribution in [-0.2, 0) is 7.05 Å². The first kappa shape index (κ1) is 13.7. The lowest BCUT2D eigenvalue weighted by Gasteiger charge is -2.10. The van der Waals surface area contributed by atoms with Crippen molar-refractivity contribution in [1.82, 2.24) is 9.78 Å². The smallest absolute Gasteiger partial charge is 0.235 e. The molecule has 20 heavy (non-hydrogen) atoms. The van der Waals surface area contributed by atoms with E-state index in [-0.39, 0.29) is 0 Å². The summed E-state index contributed by atoms with van der Waals surface area (Å²) in [5.41, 5.74) is 1.04. The molecule has 0 aliphatic carbocycles. The summed E-state index contributed by atoms with van der Waals surface area (Å²) in [6, 6.07) is 7.26. The number of nitriles is 1. The Hall–Kier alpha value is -2.68. The van der Waals surface area contributed by atoms with Crippen LogP contribution in [0.25, 0.3) is 0 Å². The Morgan fingerprint density at radius 2 is 1.65 bits per heavy atom. The van der Waals surface area contributed by atoms with Crippen LogP contribution in [0.15, 0.2) is 18.2 Å². The Bertz CT molecular complexity index is 649. The van der Waals surface area contributed by atoms with Crippen LogP contribution >= 0.6 is 0 Å². The Kier molecular flexibility index (Phi) is 3.80. The van der Waals surface area contributed by atoms with Gasteiger partial charge in [0.25, 0.3) is 0 Å². The SMILES string of the molecule is COc1cc(OC)cc(Oc2c(C#N)c(C)nn2C)c1. The zero-order chi connectivity index (χ0) is 14.7. The molecule has 0 spiro atoms. The number of benzene rings is 1. The van der Waals surface area contributed by atoms with E-state index >= 15 is 0 Å². The zero-order valence-corrected chi connectivity index (χ0v) is 11.8. The van der Waals surface area contributed by atoms with Crippen molar-refractivity contribution < 1.29 is 14.2 Å². The second-order valence-electron chi connectivity index (χ2n) is 4.15. The molecule has 0 bridgehead atoms. The van der Waals surface area contributed by atoms with Crippen molar-refractivity contribution in [3.63, 3.8) is 0 Å². The van der Waals surface area contributed by atoms with Crippen LogP contribution in [0.1, 0.15) is 11.3 Å². The maximum Gasteiger partial charge on any atom is 0.235 e. The minimum Gasteiger partial charge on any atom is -0.496 e. The number of ether oxygens (including phenoxy) is 3. The third kappa shape index (κ3) is 2.52. The van der Waals surface area contributed by atoms with Crippen LogP contribution < -0.4 is 14.2 Å². The minimum atomic E-state index is 0.389. The summed E-state index contributed by atoms with van der Waals surface area (Å²) in [7, 11) is 4.85. The fourth-order valence-electron chi connectivity index (χ4n) is 1.83. The number of methoxy groups -OCH3 is 2. The Morgan fingerprint density at radius 3 is 2.15 bits per heavy atom. The second kappa shape index (κ2) is 5.53. The molecular formula is C14H15N3O3. The predicted octanol–water partition coefficient (Wildman–Crippen LogP) is 2.41. The van der Waals surface area contributed by atoms with Gasteiger partial charge in [0.1, 0.15) is 28.9 Å². The fourth-order valence-corrected chi connectivity index (χ4v) is 1.83. The van der Waals surface area contributed by atoms with E-state index in [1.165, 1.54) is 4.68 Å². The van der Waals surface area contributed by atoms with Gasteiger partial charge in [-0.2, -0.15) is 10.4 Å². The maximum atomic E-state index is 9.16. The molecule has 0 radical (unpaired) electrons. The molecule has 6 nitrogen and oxygen atoms in total. The largest absolute Gasteiger partial charge is 0.496 e. The highest BCUT2D eigenvalue weighted by Crippen LogP contribution is 2.32. The van der Waals surface area contributed by atoms with Gasteiger partial charge in [0.05, 0.1) is 19.9 Å². The number of hydrogen-bond acceptors (Lipinski definition) is 5. The first-order chi connectivity index (χ1) is 9.58. The molecule has 1 aromatic carbocycles. The third-order valence-corrected chi connectivity index (χ3v) is 2.82. The Balaban J connectivity index is 2.42. The number of aryl methyl sites for hydroxylation is 2. The van der Waals surface area contributed by atoms with E-state index in [2.05, 4.69) is 11.2 Å². The van der Waals surface area contributed by atoms with Crippen molar-refractivity contribution in [2.75, 3.05) is 14.2 Å². The summed E-state index contributed by atoms with van der Waals surface area (Å²) in [5, 5.41) is 13.3. The molecule has 0 amide bonds. The van der Waals surface area contributed by atoms with Gasteiger partial charge in [-0.15, -0.1) is 0 Å². The molecule has 0 unspecified atom stereocenters. The highest BCUT2D eigenvalue weighted by Gasteiger charge is 2.16. The van der Waals surface area contributed by atoms with Crippen LogP contribution in [0.2, 0.25) is 0 Å². The lowest BCUT2D eigenvalue weighted by Crippen LogP contribution is -1.97. The standard InChI is InChI=1S/C14H15N3O3/c1-9-13(8-15)14(17(2)16-9)20-12-6-10(18-3)5-11(7-12)19-4/h5-7H,1-4H3. The van der Waals surface area contributed by atoms with Crippen LogP contribution in [-0.4, -0.2) is 24.0 Å². The van der Waals surface area contributed by atoms with Gasteiger partial charge >= 0.3 is 0 Å². The van der Waals surface area contributed by atoms with Crippen molar-refractivity contribution >= 4 is 0 Å². The Labute approximate surface area is 117 Å². The highest BCUT2D eigenvalue weighted by atomic mass is 16.5. The molecule has 1 aromatic heterocycles. The van der Waals surface area contributed by atoms with Gasteiger partial charge in [0.2, 0.25) is 5.88 Å². The number of rotatable bonds is 4. The third-order valence-electron chi connectivity index (χ3n) is 2.82. The molecule has 2 aromatic rings. The first-order valence-electron chi connectivity index (χ1n) is 5.93. The van der Waals surface area contributed by atoms with Gasteiger partial charge < -0.3 is 14.2 Å². The molecule has 1 heterocycles. The van der Waals surface area contributed by atoms with E-state index < -0.39 is 0 Å². The summed E-state index contributed by atoms with van der Waals surface area (Å²) in [4.78, 5) is 0. The second-order valence-corrected chi connectivity index (χ2v) is 4.15. The van der Waals surface area contributed by atoms with Crippen molar-refractivity contribution in [1.29, 1.82) is 5.26 Å². The van der Waals surface area contributed by atoms with Gasteiger partial charge in [0, 0.05) is 25.2 Å².